The fourth-order valence-electron chi connectivity index (χ4n) is 2.14. The fraction of sp³-hybridized carbons (Fsp3) is 1.00. The summed E-state index contributed by atoms with van der Waals surface area (Å²) in [5, 5.41) is 2.02. The van der Waals surface area contributed by atoms with Crippen LogP contribution in [0.2, 0.25) is 0 Å². The molecule has 2 fully saturated rings. The zero-order valence-corrected chi connectivity index (χ0v) is 9.26. The van der Waals surface area contributed by atoms with E-state index < -0.39 is 0 Å². The first-order chi connectivity index (χ1) is 5.95. The Morgan fingerprint density at radius 3 is 1.75 bits per heavy atom. The van der Waals surface area contributed by atoms with E-state index in [1.54, 1.807) is 0 Å². The molecule has 1 aliphatic carbocycles. The van der Waals surface area contributed by atoms with Crippen molar-refractivity contribution in [3.63, 3.8) is 0 Å². The van der Waals surface area contributed by atoms with Crippen LogP contribution < -0.4 is 0 Å². The van der Waals surface area contributed by atoms with Crippen LogP contribution in [0.3, 0.4) is 0 Å². The summed E-state index contributed by atoms with van der Waals surface area (Å²) in [6.07, 6.45) is 12.0. The summed E-state index contributed by atoms with van der Waals surface area (Å²) in [6, 6.07) is 0. The standard InChI is InChI=1S/C10H18S2/c1-2-4-6-9-8-10(12-11-9)7-5-3-1/h9-10H,1-8H2. The maximum Gasteiger partial charge on any atom is 0.0162 e. The minimum absolute atomic E-state index is 1.01. The van der Waals surface area contributed by atoms with Crippen molar-refractivity contribution in [3.05, 3.63) is 0 Å². The zero-order chi connectivity index (χ0) is 8.23. The Bertz CT molecular complexity index is 122. The van der Waals surface area contributed by atoms with Crippen LogP contribution in [0.25, 0.3) is 0 Å². The SMILES string of the molecule is C1CCCC2CC(CCC1)SS2. The van der Waals surface area contributed by atoms with Gasteiger partial charge in [-0.2, -0.15) is 0 Å². The van der Waals surface area contributed by atoms with Crippen molar-refractivity contribution >= 4 is 21.6 Å². The molecular formula is C10H18S2. The minimum atomic E-state index is 1.01. The van der Waals surface area contributed by atoms with Crippen molar-refractivity contribution in [2.75, 3.05) is 0 Å². The first kappa shape index (κ1) is 9.26. The van der Waals surface area contributed by atoms with Crippen LogP contribution in [-0.2, 0) is 0 Å². The second-order valence-electron chi connectivity index (χ2n) is 4.02. The Morgan fingerprint density at radius 2 is 1.17 bits per heavy atom. The molecule has 0 amide bonds. The van der Waals surface area contributed by atoms with Crippen molar-refractivity contribution in [3.8, 4) is 0 Å². The summed E-state index contributed by atoms with van der Waals surface area (Å²) in [7, 11) is 4.35. The lowest BCUT2D eigenvalue weighted by Gasteiger charge is -2.11. The highest BCUT2D eigenvalue weighted by molar-refractivity contribution is 8.77. The zero-order valence-electron chi connectivity index (χ0n) is 7.63. The van der Waals surface area contributed by atoms with Gasteiger partial charge in [-0.15, -0.1) is 0 Å². The summed E-state index contributed by atoms with van der Waals surface area (Å²) in [5.74, 6) is 0. The van der Waals surface area contributed by atoms with Gasteiger partial charge in [0.15, 0.2) is 0 Å². The van der Waals surface area contributed by atoms with E-state index in [2.05, 4.69) is 21.6 Å². The van der Waals surface area contributed by atoms with E-state index in [-0.39, 0.29) is 0 Å². The quantitative estimate of drug-likeness (QED) is 0.539. The molecule has 2 atom stereocenters. The monoisotopic (exact) mass is 202 g/mol. The van der Waals surface area contributed by atoms with Crippen LogP contribution in [0.15, 0.2) is 0 Å². The number of fused-ring (bicyclic) bond motifs is 2. The van der Waals surface area contributed by atoms with Gasteiger partial charge in [-0.3, -0.25) is 0 Å². The van der Waals surface area contributed by atoms with Gasteiger partial charge in [0.2, 0.25) is 0 Å². The van der Waals surface area contributed by atoms with Gasteiger partial charge in [-0.05, 0) is 19.3 Å². The summed E-state index contributed by atoms with van der Waals surface area (Å²) < 4.78 is 0. The van der Waals surface area contributed by atoms with Gasteiger partial charge in [0.25, 0.3) is 0 Å². The largest absolute Gasteiger partial charge is 0.0904 e. The molecular weight excluding hydrogens is 184 g/mol. The molecule has 2 bridgehead atoms. The third-order valence-corrected chi connectivity index (χ3v) is 6.38. The Kier molecular flexibility index (Phi) is 3.71. The lowest BCUT2D eigenvalue weighted by atomic mass is 10.0. The second kappa shape index (κ2) is 4.80. The summed E-state index contributed by atoms with van der Waals surface area (Å²) in [6.45, 7) is 0. The molecule has 0 radical (unpaired) electrons. The summed E-state index contributed by atoms with van der Waals surface area (Å²) in [5.41, 5.74) is 0. The van der Waals surface area contributed by atoms with Crippen molar-refractivity contribution < 1.29 is 0 Å². The maximum absolute atomic E-state index is 2.17. The molecule has 2 aliphatic rings. The summed E-state index contributed by atoms with van der Waals surface area (Å²) in [4.78, 5) is 0. The van der Waals surface area contributed by atoms with Crippen LogP contribution in [0.4, 0.5) is 0 Å². The average Bonchev–Trinajstić information content (AvgIpc) is 2.51. The molecule has 70 valence electrons. The third kappa shape index (κ3) is 2.59. The topological polar surface area (TPSA) is 0 Å². The van der Waals surface area contributed by atoms with E-state index >= 15 is 0 Å². The van der Waals surface area contributed by atoms with E-state index in [0.29, 0.717) is 0 Å². The van der Waals surface area contributed by atoms with Crippen LogP contribution in [0.5, 0.6) is 0 Å². The molecule has 12 heavy (non-hydrogen) atoms. The summed E-state index contributed by atoms with van der Waals surface area (Å²) >= 11 is 0. The third-order valence-electron chi connectivity index (χ3n) is 2.91. The highest BCUT2D eigenvalue weighted by Crippen LogP contribution is 2.47. The molecule has 0 spiro atoms. The van der Waals surface area contributed by atoms with E-state index in [1.165, 1.54) is 51.4 Å². The van der Waals surface area contributed by atoms with E-state index in [4.69, 9.17) is 0 Å². The molecule has 0 nitrogen and oxygen atoms in total. The molecule has 0 aromatic carbocycles. The van der Waals surface area contributed by atoms with Gasteiger partial charge in [0, 0.05) is 10.5 Å². The molecule has 1 saturated carbocycles. The molecule has 0 aromatic heterocycles. The Hall–Kier alpha value is 0.700. The van der Waals surface area contributed by atoms with Crippen LogP contribution in [0, 0.1) is 0 Å². The predicted octanol–water partition coefficient (Wildman–Crippen LogP) is 4.25. The van der Waals surface area contributed by atoms with E-state index in [9.17, 15) is 0 Å². The highest BCUT2D eigenvalue weighted by atomic mass is 33.1. The lowest BCUT2D eigenvalue weighted by molar-refractivity contribution is 0.523. The van der Waals surface area contributed by atoms with Gasteiger partial charge < -0.3 is 0 Å². The van der Waals surface area contributed by atoms with Gasteiger partial charge >= 0.3 is 0 Å². The maximum atomic E-state index is 2.17. The van der Waals surface area contributed by atoms with Gasteiger partial charge in [-0.1, -0.05) is 53.7 Å². The molecule has 1 saturated heterocycles. The number of hydrogen-bond donors (Lipinski definition) is 0. The van der Waals surface area contributed by atoms with Gasteiger partial charge in [-0.25, -0.2) is 0 Å². The van der Waals surface area contributed by atoms with Crippen LogP contribution >= 0.6 is 21.6 Å². The van der Waals surface area contributed by atoms with Gasteiger partial charge in [0.1, 0.15) is 0 Å². The van der Waals surface area contributed by atoms with E-state index in [1.807, 2.05) is 0 Å². The molecule has 2 heteroatoms. The normalized spacial score (nSPS) is 38.0. The Labute approximate surface area is 83.7 Å². The lowest BCUT2D eigenvalue weighted by Crippen LogP contribution is -2.05. The van der Waals surface area contributed by atoms with Crippen LogP contribution in [0.1, 0.15) is 51.4 Å². The number of hydrogen-bond acceptors (Lipinski definition) is 2. The minimum Gasteiger partial charge on any atom is -0.0904 e. The smallest absolute Gasteiger partial charge is 0.0162 e. The van der Waals surface area contributed by atoms with E-state index in [0.717, 1.165) is 10.5 Å². The van der Waals surface area contributed by atoms with Crippen LogP contribution in [-0.4, -0.2) is 10.5 Å². The van der Waals surface area contributed by atoms with Crippen molar-refractivity contribution in [2.45, 2.75) is 61.9 Å². The molecule has 0 aromatic rings. The molecule has 1 heterocycles. The predicted molar refractivity (Wildman–Crippen MR) is 59.7 cm³/mol. The second-order valence-corrected chi connectivity index (χ2v) is 6.89. The van der Waals surface area contributed by atoms with Crippen molar-refractivity contribution in [1.29, 1.82) is 0 Å². The molecule has 2 unspecified atom stereocenters. The Morgan fingerprint density at radius 1 is 0.667 bits per heavy atom. The fourth-order valence-corrected chi connectivity index (χ4v) is 5.71. The van der Waals surface area contributed by atoms with Crippen molar-refractivity contribution in [2.24, 2.45) is 0 Å². The van der Waals surface area contributed by atoms with Crippen molar-refractivity contribution in [1.82, 2.24) is 0 Å². The molecule has 0 N–H and O–H groups in total. The van der Waals surface area contributed by atoms with Gasteiger partial charge in [0.05, 0.1) is 0 Å². The first-order valence-corrected chi connectivity index (χ1v) is 7.55. The molecule has 2 rings (SSSR count). The Balaban J connectivity index is 1.82. The average molecular weight is 202 g/mol. The highest BCUT2D eigenvalue weighted by Gasteiger charge is 2.25. The molecule has 1 aliphatic heterocycles. The first-order valence-electron chi connectivity index (χ1n) is 5.27. The number of rotatable bonds is 0.